The third kappa shape index (κ3) is 7.25. The van der Waals surface area contributed by atoms with Gasteiger partial charge in [-0.2, -0.15) is 0 Å². The van der Waals surface area contributed by atoms with E-state index in [1.165, 1.54) is 0 Å². The lowest BCUT2D eigenvalue weighted by molar-refractivity contribution is -0.126. The van der Waals surface area contributed by atoms with Crippen LogP contribution in [0.5, 0.6) is 0 Å². The van der Waals surface area contributed by atoms with Crippen LogP contribution >= 0.6 is 0 Å². The van der Waals surface area contributed by atoms with Crippen LogP contribution in [0.25, 0.3) is 0 Å². The Kier molecular flexibility index (Phi) is 7.49. The number of nitrogens with one attached hydrogen (secondary N) is 2. The molecule has 6 nitrogen and oxygen atoms in total. The predicted molar refractivity (Wildman–Crippen MR) is 104 cm³/mol. The number of rotatable bonds is 9. The molecular formula is C20H26N4O2. The van der Waals surface area contributed by atoms with Crippen molar-refractivity contribution < 1.29 is 9.59 Å². The molecule has 0 unspecified atom stereocenters. The van der Waals surface area contributed by atoms with E-state index in [0.717, 1.165) is 35.3 Å². The normalized spacial score (nSPS) is 10.3. The van der Waals surface area contributed by atoms with Crippen LogP contribution in [0.2, 0.25) is 0 Å². The molecule has 26 heavy (non-hydrogen) atoms. The molecule has 0 heterocycles. The van der Waals surface area contributed by atoms with Gasteiger partial charge in [0.25, 0.3) is 0 Å². The van der Waals surface area contributed by atoms with Gasteiger partial charge in [0.2, 0.25) is 11.8 Å². The van der Waals surface area contributed by atoms with Crippen LogP contribution in [-0.2, 0) is 22.4 Å². The lowest BCUT2D eigenvalue weighted by atomic mass is 10.1. The molecule has 0 aliphatic carbocycles. The van der Waals surface area contributed by atoms with Crippen molar-refractivity contribution in [3.8, 4) is 0 Å². The highest BCUT2D eigenvalue weighted by molar-refractivity contribution is 5.83. The van der Waals surface area contributed by atoms with Crippen LogP contribution in [0.4, 0.5) is 11.4 Å². The summed E-state index contributed by atoms with van der Waals surface area (Å²) >= 11 is 0. The van der Waals surface area contributed by atoms with Gasteiger partial charge in [-0.05, 0) is 48.2 Å². The molecule has 0 bridgehead atoms. The second kappa shape index (κ2) is 10.1. The third-order valence-electron chi connectivity index (χ3n) is 4.01. The molecule has 0 atom stereocenters. The van der Waals surface area contributed by atoms with E-state index in [0.29, 0.717) is 13.1 Å². The maximum atomic E-state index is 11.8. The molecule has 2 amide bonds. The first-order valence-electron chi connectivity index (χ1n) is 8.75. The summed E-state index contributed by atoms with van der Waals surface area (Å²) < 4.78 is 0. The Morgan fingerprint density at radius 2 is 1.00 bits per heavy atom. The second-order valence-corrected chi connectivity index (χ2v) is 6.18. The fourth-order valence-electron chi connectivity index (χ4n) is 2.46. The van der Waals surface area contributed by atoms with Gasteiger partial charge >= 0.3 is 0 Å². The largest absolute Gasteiger partial charge is 0.399 e. The summed E-state index contributed by atoms with van der Waals surface area (Å²) in [5, 5.41) is 5.65. The average molecular weight is 354 g/mol. The number of hydrogen-bond donors (Lipinski definition) is 4. The van der Waals surface area contributed by atoms with Gasteiger partial charge in [0.1, 0.15) is 0 Å². The van der Waals surface area contributed by atoms with Crippen molar-refractivity contribution in [2.24, 2.45) is 0 Å². The second-order valence-electron chi connectivity index (χ2n) is 6.18. The van der Waals surface area contributed by atoms with Gasteiger partial charge in [-0.1, -0.05) is 24.3 Å². The van der Waals surface area contributed by atoms with Crippen LogP contribution in [0, 0.1) is 0 Å². The Labute approximate surface area is 154 Å². The lowest BCUT2D eigenvalue weighted by Crippen LogP contribution is -2.29. The highest BCUT2D eigenvalue weighted by Gasteiger charge is 2.06. The summed E-state index contributed by atoms with van der Waals surface area (Å²) in [6.07, 6.45) is 1.85. The molecule has 0 saturated carbocycles. The Morgan fingerprint density at radius 3 is 1.35 bits per heavy atom. The number of benzene rings is 2. The summed E-state index contributed by atoms with van der Waals surface area (Å²) in [6, 6.07) is 15.1. The number of nitrogen functional groups attached to an aromatic ring is 2. The minimum atomic E-state index is -0.117. The van der Waals surface area contributed by atoms with Crippen LogP contribution in [-0.4, -0.2) is 24.9 Å². The van der Waals surface area contributed by atoms with Crippen molar-refractivity contribution in [1.82, 2.24) is 10.6 Å². The first-order valence-corrected chi connectivity index (χ1v) is 8.75. The molecule has 2 rings (SSSR count). The Hall–Kier alpha value is -3.02. The fraction of sp³-hybridized carbons (Fsp3) is 0.300. The van der Waals surface area contributed by atoms with Crippen molar-refractivity contribution in [1.29, 1.82) is 0 Å². The summed E-state index contributed by atoms with van der Waals surface area (Å²) in [6.45, 7) is 1.09. The molecule has 2 aromatic carbocycles. The molecular weight excluding hydrogens is 328 g/mol. The van der Waals surface area contributed by atoms with Crippen LogP contribution in [0.15, 0.2) is 48.5 Å². The van der Waals surface area contributed by atoms with Crippen molar-refractivity contribution in [2.75, 3.05) is 24.6 Å². The molecule has 0 spiro atoms. The summed E-state index contributed by atoms with van der Waals surface area (Å²) in [4.78, 5) is 23.6. The van der Waals surface area contributed by atoms with Crippen LogP contribution in [0.1, 0.15) is 24.0 Å². The van der Waals surface area contributed by atoms with Gasteiger partial charge < -0.3 is 22.1 Å². The zero-order chi connectivity index (χ0) is 18.8. The van der Waals surface area contributed by atoms with E-state index >= 15 is 0 Å². The number of amides is 2. The average Bonchev–Trinajstić information content (AvgIpc) is 2.63. The molecule has 2 aromatic rings. The lowest BCUT2D eigenvalue weighted by Gasteiger charge is -2.07. The standard InChI is InChI=1S/C20H26N4O2/c21-17-5-1-15(2-6-17)11-13-23-19(25)9-10-20(26)24-14-12-16-3-7-18(22)8-4-16/h1-8H,9-14,21-22H2,(H,23,25)(H,24,26). The first-order chi connectivity index (χ1) is 12.5. The number of carbonyl (C=O) groups is 2. The van der Waals surface area contributed by atoms with Gasteiger partial charge in [0.05, 0.1) is 0 Å². The van der Waals surface area contributed by atoms with Gasteiger partial charge in [-0.15, -0.1) is 0 Å². The SMILES string of the molecule is Nc1ccc(CCNC(=O)CCC(=O)NCCc2ccc(N)cc2)cc1. The van der Waals surface area contributed by atoms with Gasteiger partial charge in [-0.25, -0.2) is 0 Å². The smallest absolute Gasteiger partial charge is 0.220 e. The monoisotopic (exact) mass is 354 g/mol. The number of anilines is 2. The predicted octanol–water partition coefficient (Wildman–Crippen LogP) is 1.65. The molecule has 0 aliphatic heterocycles. The summed E-state index contributed by atoms with van der Waals surface area (Å²) in [7, 11) is 0. The van der Waals surface area contributed by atoms with E-state index in [4.69, 9.17) is 11.5 Å². The fourth-order valence-corrected chi connectivity index (χ4v) is 2.46. The number of carbonyl (C=O) groups excluding carboxylic acids is 2. The molecule has 138 valence electrons. The van der Waals surface area contributed by atoms with Crippen molar-refractivity contribution in [3.05, 3.63) is 59.7 Å². The molecule has 6 N–H and O–H groups in total. The van der Waals surface area contributed by atoms with Crippen molar-refractivity contribution >= 4 is 23.2 Å². The van der Waals surface area contributed by atoms with Gasteiger partial charge in [-0.3, -0.25) is 9.59 Å². The molecule has 0 saturated heterocycles. The quantitative estimate of drug-likeness (QED) is 0.513. The van der Waals surface area contributed by atoms with E-state index in [2.05, 4.69) is 10.6 Å². The highest BCUT2D eigenvalue weighted by atomic mass is 16.2. The van der Waals surface area contributed by atoms with Crippen LogP contribution < -0.4 is 22.1 Å². The molecule has 0 aromatic heterocycles. The van der Waals surface area contributed by atoms with Gasteiger partial charge in [0, 0.05) is 37.3 Å². The Morgan fingerprint density at radius 1 is 0.654 bits per heavy atom. The Bertz CT molecular complexity index is 648. The third-order valence-corrected chi connectivity index (χ3v) is 4.01. The highest BCUT2D eigenvalue weighted by Crippen LogP contribution is 2.06. The van der Waals surface area contributed by atoms with Gasteiger partial charge in [0.15, 0.2) is 0 Å². The van der Waals surface area contributed by atoms with E-state index in [9.17, 15) is 9.59 Å². The maximum absolute atomic E-state index is 11.8. The summed E-state index contributed by atoms with van der Waals surface area (Å²) in [5.74, 6) is -0.233. The van der Waals surface area contributed by atoms with Crippen molar-refractivity contribution in [2.45, 2.75) is 25.7 Å². The number of nitrogens with two attached hydrogens (primary N) is 2. The molecule has 0 fully saturated rings. The van der Waals surface area contributed by atoms with Crippen molar-refractivity contribution in [3.63, 3.8) is 0 Å². The zero-order valence-corrected chi connectivity index (χ0v) is 14.8. The molecule has 0 aliphatic rings. The van der Waals surface area contributed by atoms with E-state index < -0.39 is 0 Å². The minimum Gasteiger partial charge on any atom is -0.399 e. The summed E-state index contributed by atoms with van der Waals surface area (Å²) in [5.41, 5.74) is 14.9. The van der Waals surface area contributed by atoms with E-state index in [1.807, 2.05) is 48.5 Å². The molecule has 6 heteroatoms. The van der Waals surface area contributed by atoms with Crippen LogP contribution in [0.3, 0.4) is 0 Å². The number of hydrogen-bond acceptors (Lipinski definition) is 4. The topological polar surface area (TPSA) is 110 Å². The Balaban J connectivity index is 1.55. The van der Waals surface area contributed by atoms with E-state index in [1.54, 1.807) is 0 Å². The van der Waals surface area contributed by atoms with E-state index in [-0.39, 0.29) is 24.7 Å². The first kappa shape index (κ1) is 19.3. The maximum Gasteiger partial charge on any atom is 0.220 e. The zero-order valence-electron chi connectivity index (χ0n) is 14.8. The minimum absolute atomic E-state index is 0.117. The molecule has 0 radical (unpaired) electrons.